The van der Waals surface area contributed by atoms with E-state index < -0.39 is 10.0 Å². The Morgan fingerprint density at radius 1 is 1.14 bits per heavy atom. The summed E-state index contributed by atoms with van der Waals surface area (Å²) in [7, 11) is -3.60. The molecule has 2 aromatic carbocycles. The maximum absolute atomic E-state index is 12.8. The Morgan fingerprint density at radius 3 is 2.69 bits per heavy atom. The summed E-state index contributed by atoms with van der Waals surface area (Å²) in [5.74, 6) is -0.172. The van der Waals surface area contributed by atoms with Gasteiger partial charge >= 0.3 is 0 Å². The van der Waals surface area contributed by atoms with E-state index in [4.69, 9.17) is 4.74 Å². The van der Waals surface area contributed by atoms with Gasteiger partial charge in [0, 0.05) is 30.5 Å². The summed E-state index contributed by atoms with van der Waals surface area (Å²) in [6.45, 7) is 3.79. The fourth-order valence-corrected chi connectivity index (χ4v) is 5.35. The number of hydrogen-bond donors (Lipinski definition) is 1. The van der Waals surface area contributed by atoms with Crippen molar-refractivity contribution in [3.05, 3.63) is 54.1 Å². The Morgan fingerprint density at radius 2 is 1.90 bits per heavy atom. The van der Waals surface area contributed by atoms with E-state index in [9.17, 15) is 13.2 Å². The molecule has 29 heavy (non-hydrogen) atoms. The number of sulfonamides is 1. The number of para-hydroxylation sites is 1. The predicted molar refractivity (Wildman–Crippen MR) is 112 cm³/mol. The molecule has 0 aromatic heterocycles. The van der Waals surface area contributed by atoms with Crippen molar-refractivity contribution in [2.45, 2.75) is 24.3 Å². The molecule has 0 radical (unpaired) electrons. The van der Waals surface area contributed by atoms with Gasteiger partial charge in [-0.05, 0) is 43.2 Å². The van der Waals surface area contributed by atoms with Crippen molar-refractivity contribution in [1.29, 1.82) is 0 Å². The van der Waals surface area contributed by atoms with E-state index in [-0.39, 0.29) is 23.4 Å². The fraction of sp³-hybridized carbons (Fsp3) is 0.381. The number of carbonyl (C=O) groups is 1. The number of fused-ring (bicyclic) bond motifs is 1. The standard InChI is InChI=1S/C21H25N3O4S/c1-16-13-17-5-2-3-8-20(17)24(16)15-21(25)22-18-6-4-7-19(14-18)29(26,27)23-9-11-28-12-10-23/h2-8,14,16H,9-13,15H2,1H3,(H,22,25). The van der Waals surface area contributed by atoms with Crippen LogP contribution in [0.25, 0.3) is 0 Å². The molecule has 7 nitrogen and oxygen atoms in total. The number of carbonyl (C=O) groups excluding carboxylic acids is 1. The average molecular weight is 416 g/mol. The molecule has 2 aromatic rings. The molecule has 0 spiro atoms. The monoisotopic (exact) mass is 415 g/mol. The first kappa shape index (κ1) is 19.9. The SMILES string of the molecule is CC1Cc2ccccc2N1CC(=O)Nc1cccc(S(=O)(=O)N2CCOCC2)c1. The lowest BCUT2D eigenvalue weighted by Gasteiger charge is -2.26. The van der Waals surface area contributed by atoms with E-state index in [1.165, 1.54) is 15.9 Å². The second-order valence-corrected chi connectivity index (χ2v) is 9.34. The molecule has 0 bridgehead atoms. The molecular weight excluding hydrogens is 390 g/mol. The van der Waals surface area contributed by atoms with Crippen LogP contribution in [0.15, 0.2) is 53.4 Å². The van der Waals surface area contributed by atoms with Crippen molar-refractivity contribution in [3.63, 3.8) is 0 Å². The van der Waals surface area contributed by atoms with Crippen LogP contribution in [0, 0.1) is 0 Å². The molecule has 0 saturated carbocycles. The highest BCUT2D eigenvalue weighted by molar-refractivity contribution is 7.89. The number of hydrogen-bond acceptors (Lipinski definition) is 5. The van der Waals surface area contributed by atoms with Crippen LogP contribution in [0.1, 0.15) is 12.5 Å². The van der Waals surface area contributed by atoms with Crippen molar-refractivity contribution in [2.75, 3.05) is 43.1 Å². The lowest BCUT2D eigenvalue weighted by Crippen LogP contribution is -2.40. The van der Waals surface area contributed by atoms with Crippen molar-refractivity contribution in [1.82, 2.24) is 4.31 Å². The topological polar surface area (TPSA) is 79.0 Å². The minimum atomic E-state index is -3.60. The predicted octanol–water partition coefficient (Wildman–Crippen LogP) is 2.10. The van der Waals surface area contributed by atoms with Crippen LogP contribution in [-0.2, 0) is 26.0 Å². The number of benzene rings is 2. The van der Waals surface area contributed by atoms with Crippen molar-refractivity contribution in [3.8, 4) is 0 Å². The zero-order valence-corrected chi connectivity index (χ0v) is 17.2. The zero-order valence-electron chi connectivity index (χ0n) is 16.4. The van der Waals surface area contributed by atoms with Crippen LogP contribution < -0.4 is 10.2 Å². The third-order valence-corrected chi connectivity index (χ3v) is 7.28. The molecule has 1 unspecified atom stereocenters. The summed E-state index contributed by atoms with van der Waals surface area (Å²) < 4.78 is 32.3. The highest BCUT2D eigenvalue weighted by atomic mass is 32.2. The molecule has 1 atom stereocenters. The van der Waals surface area contributed by atoms with Gasteiger partial charge in [0.15, 0.2) is 0 Å². The first-order chi connectivity index (χ1) is 13.9. The van der Waals surface area contributed by atoms with Gasteiger partial charge in [-0.25, -0.2) is 8.42 Å². The minimum absolute atomic E-state index is 0.172. The van der Waals surface area contributed by atoms with Gasteiger partial charge in [-0.3, -0.25) is 4.79 Å². The summed E-state index contributed by atoms with van der Waals surface area (Å²) in [5.41, 5.74) is 2.80. The van der Waals surface area contributed by atoms with Gasteiger partial charge in [-0.15, -0.1) is 0 Å². The molecule has 4 rings (SSSR count). The van der Waals surface area contributed by atoms with Crippen LogP contribution in [-0.4, -0.2) is 57.5 Å². The summed E-state index contributed by atoms with van der Waals surface area (Å²) in [5, 5.41) is 2.85. The second kappa shape index (κ2) is 8.14. The fourth-order valence-electron chi connectivity index (χ4n) is 3.90. The Labute approximate surface area is 171 Å². The number of ether oxygens (including phenoxy) is 1. The first-order valence-corrected chi connectivity index (χ1v) is 11.2. The quantitative estimate of drug-likeness (QED) is 0.809. The van der Waals surface area contributed by atoms with Gasteiger partial charge in [-0.2, -0.15) is 4.31 Å². The number of rotatable bonds is 5. The maximum atomic E-state index is 12.8. The molecule has 2 aliphatic rings. The van der Waals surface area contributed by atoms with E-state index >= 15 is 0 Å². The maximum Gasteiger partial charge on any atom is 0.243 e. The Kier molecular flexibility index (Phi) is 5.58. The molecule has 1 fully saturated rings. The van der Waals surface area contributed by atoms with Crippen LogP contribution in [0.5, 0.6) is 0 Å². The van der Waals surface area contributed by atoms with Gasteiger partial charge < -0.3 is 15.0 Å². The number of nitrogens with one attached hydrogen (secondary N) is 1. The molecule has 1 amide bonds. The summed E-state index contributed by atoms with van der Waals surface area (Å²) in [6.07, 6.45) is 0.913. The molecule has 1 saturated heterocycles. The summed E-state index contributed by atoms with van der Waals surface area (Å²) in [4.78, 5) is 14.9. The zero-order chi connectivity index (χ0) is 20.4. The third-order valence-electron chi connectivity index (χ3n) is 5.39. The Balaban J connectivity index is 1.46. The first-order valence-electron chi connectivity index (χ1n) is 9.77. The molecule has 8 heteroatoms. The van der Waals surface area contributed by atoms with Gasteiger partial charge in [0.25, 0.3) is 0 Å². The summed E-state index contributed by atoms with van der Waals surface area (Å²) in [6, 6.07) is 14.8. The van der Waals surface area contributed by atoms with E-state index in [0.29, 0.717) is 32.0 Å². The van der Waals surface area contributed by atoms with Gasteiger partial charge in [0.1, 0.15) is 0 Å². The highest BCUT2D eigenvalue weighted by Crippen LogP contribution is 2.31. The second-order valence-electron chi connectivity index (χ2n) is 7.40. The van der Waals surface area contributed by atoms with Crippen molar-refractivity contribution in [2.24, 2.45) is 0 Å². The molecule has 1 N–H and O–H groups in total. The van der Waals surface area contributed by atoms with Crippen LogP contribution in [0.3, 0.4) is 0 Å². The van der Waals surface area contributed by atoms with E-state index in [2.05, 4.69) is 23.2 Å². The van der Waals surface area contributed by atoms with Crippen LogP contribution in [0.2, 0.25) is 0 Å². The van der Waals surface area contributed by atoms with Crippen LogP contribution in [0.4, 0.5) is 11.4 Å². The van der Waals surface area contributed by atoms with Gasteiger partial charge in [-0.1, -0.05) is 24.3 Å². The third kappa shape index (κ3) is 4.14. The van der Waals surface area contributed by atoms with Gasteiger partial charge in [0.05, 0.1) is 24.7 Å². The molecule has 154 valence electrons. The van der Waals surface area contributed by atoms with E-state index in [0.717, 1.165) is 12.1 Å². The number of anilines is 2. The average Bonchev–Trinajstić information content (AvgIpc) is 3.04. The molecule has 2 heterocycles. The van der Waals surface area contributed by atoms with E-state index in [1.54, 1.807) is 18.2 Å². The van der Waals surface area contributed by atoms with Gasteiger partial charge in [0.2, 0.25) is 15.9 Å². The Bertz CT molecular complexity index is 1000. The Hall–Kier alpha value is -2.42. The molecular formula is C21H25N3O4S. The van der Waals surface area contributed by atoms with E-state index in [1.807, 2.05) is 18.2 Å². The smallest absolute Gasteiger partial charge is 0.243 e. The molecule has 0 aliphatic carbocycles. The van der Waals surface area contributed by atoms with Crippen molar-refractivity contribution >= 4 is 27.3 Å². The van der Waals surface area contributed by atoms with Crippen molar-refractivity contribution < 1.29 is 17.9 Å². The number of amides is 1. The normalized spacial score (nSPS) is 19.8. The summed E-state index contributed by atoms with van der Waals surface area (Å²) >= 11 is 0. The number of nitrogens with zero attached hydrogens (tertiary/aromatic N) is 2. The lowest BCUT2D eigenvalue weighted by molar-refractivity contribution is -0.115. The molecule has 2 aliphatic heterocycles. The lowest BCUT2D eigenvalue weighted by atomic mass is 10.1. The minimum Gasteiger partial charge on any atom is -0.379 e. The number of morpholine rings is 1. The highest BCUT2D eigenvalue weighted by Gasteiger charge is 2.28. The largest absolute Gasteiger partial charge is 0.379 e. The van der Waals surface area contributed by atoms with Crippen LogP contribution >= 0.6 is 0 Å².